The highest BCUT2D eigenvalue weighted by Gasteiger charge is 2.13. The summed E-state index contributed by atoms with van der Waals surface area (Å²) in [7, 11) is 0. The van der Waals surface area contributed by atoms with Crippen molar-refractivity contribution in [2.45, 2.75) is 19.3 Å². The van der Waals surface area contributed by atoms with Crippen LogP contribution in [0.3, 0.4) is 0 Å². The van der Waals surface area contributed by atoms with Gasteiger partial charge in [-0.25, -0.2) is 4.79 Å². The van der Waals surface area contributed by atoms with Gasteiger partial charge in [0, 0.05) is 13.1 Å². The third-order valence-electron chi connectivity index (χ3n) is 1.63. The quantitative estimate of drug-likeness (QED) is 0.592. The molecule has 1 rings (SSSR count). The maximum absolute atomic E-state index is 10.3. The van der Waals surface area contributed by atoms with Crippen molar-refractivity contribution in [2.75, 3.05) is 13.1 Å². The lowest BCUT2D eigenvalue weighted by Crippen LogP contribution is -2.34. The molecule has 0 atom stereocenters. The van der Waals surface area contributed by atoms with Crippen molar-refractivity contribution >= 4 is 18.5 Å². The Morgan fingerprint density at radius 1 is 1.20 bits per heavy atom. The summed E-state index contributed by atoms with van der Waals surface area (Å²) in [6, 6.07) is 0. The molecule has 0 spiro atoms. The molecule has 0 radical (unpaired) electrons. The van der Waals surface area contributed by atoms with E-state index in [9.17, 15) is 4.79 Å². The zero-order chi connectivity index (χ0) is 6.69. The Labute approximate surface area is 66.4 Å². The Balaban J connectivity index is 0.000000810. The van der Waals surface area contributed by atoms with Gasteiger partial charge in [0.2, 0.25) is 0 Å². The van der Waals surface area contributed by atoms with E-state index in [0.717, 1.165) is 25.9 Å². The largest absolute Gasteiger partial charge is 0.465 e. The van der Waals surface area contributed by atoms with E-state index in [1.807, 2.05) is 0 Å². The molecule has 1 amide bonds. The van der Waals surface area contributed by atoms with Crippen molar-refractivity contribution in [2.24, 2.45) is 0 Å². The van der Waals surface area contributed by atoms with Crippen molar-refractivity contribution in [1.29, 1.82) is 0 Å². The number of halogens is 1. The Hall–Kier alpha value is -0.440. The minimum atomic E-state index is -0.769. The number of hydrogen-bond acceptors (Lipinski definition) is 1. The molecular weight excluding hydrogens is 154 g/mol. The van der Waals surface area contributed by atoms with E-state index in [-0.39, 0.29) is 12.4 Å². The molecule has 4 heteroatoms. The van der Waals surface area contributed by atoms with Gasteiger partial charge in [-0.2, -0.15) is 0 Å². The lowest BCUT2D eigenvalue weighted by atomic mass is 10.1. The number of piperidine rings is 1. The van der Waals surface area contributed by atoms with Gasteiger partial charge >= 0.3 is 6.09 Å². The first kappa shape index (κ1) is 9.56. The summed E-state index contributed by atoms with van der Waals surface area (Å²) in [5.41, 5.74) is 0. The van der Waals surface area contributed by atoms with Gasteiger partial charge in [0.1, 0.15) is 0 Å². The highest BCUT2D eigenvalue weighted by molar-refractivity contribution is 5.85. The van der Waals surface area contributed by atoms with Crippen LogP contribution in [-0.2, 0) is 0 Å². The van der Waals surface area contributed by atoms with Crippen LogP contribution in [0.2, 0.25) is 0 Å². The van der Waals surface area contributed by atoms with Crippen LogP contribution in [0.1, 0.15) is 19.3 Å². The van der Waals surface area contributed by atoms with E-state index < -0.39 is 6.09 Å². The highest BCUT2D eigenvalue weighted by Crippen LogP contribution is 2.07. The van der Waals surface area contributed by atoms with Crippen LogP contribution in [-0.4, -0.2) is 29.2 Å². The second-order valence-corrected chi connectivity index (χ2v) is 2.33. The van der Waals surface area contributed by atoms with Crippen LogP contribution in [0.15, 0.2) is 0 Å². The maximum Gasteiger partial charge on any atom is 0.407 e. The minimum Gasteiger partial charge on any atom is -0.465 e. The van der Waals surface area contributed by atoms with E-state index >= 15 is 0 Å². The molecule has 1 saturated heterocycles. The molecule has 0 bridgehead atoms. The van der Waals surface area contributed by atoms with Gasteiger partial charge in [-0.15, -0.1) is 12.4 Å². The number of rotatable bonds is 0. The molecule has 60 valence electrons. The minimum absolute atomic E-state index is 0. The summed E-state index contributed by atoms with van der Waals surface area (Å²) >= 11 is 0. The number of likely N-dealkylation sites (tertiary alicyclic amines) is 1. The average Bonchev–Trinajstić information content (AvgIpc) is 1.90. The van der Waals surface area contributed by atoms with Crippen molar-refractivity contribution in [3.05, 3.63) is 0 Å². The fourth-order valence-corrected chi connectivity index (χ4v) is 1.09. The van der Waals surface area contributed by atoms with Gasteiger partial charge in [-0.3, -0.25) is 0 Å². The monoisotopic (exact) mass is 165 g/mol. The number of carboxylic acid groups (broad SMARTS) is 1. The van der Waals surface area contributed by atoms with Gasteiger partial charge in [0.05, 0.1) is 0 Å². The Kier molecular flexibility index (Phi) is 4.19. The third-order valence-corrected chi connectivity index (χ3v) is 1.63. The number of amides is 1. The fraction of sp³-hybridized carbons (Fsp3) is 0.833. The zero-order valence-electron chi connectivity index (χ0n) is 5.75. The summed E-state index contributed by atoms with van der Waals surface area (Å²) in [5.74, 6) is 0. The molecule has 1 aliphatic heterocycles. The van der Waals surface area contributed by atoms with Crippen molar-refractivity contribution in [3.63, 3.8) is 0 Å². The van der Waals surface area contributed by atoms with Crippen LogP contribution in [0.25, 0.3) is 0 Å². The Morgan fingerprint density at radius 3 is 2.00 bits per heavy atom. The zero-order valence-corrected chi connectivity index (χ0v) is 6.56. The predicted octanol–water partition coefficient (Wildman–Crippen LogP) is 1.57. The number of nitrogens with zero attached hydrogens (tertiary/aromatic N) is 1. The summed E-state index contributed by atoms with van der Waals surface area (Å²) < 4.78 is 0. The normalized spacial score (nSPS) is 17.8. The summed E-state index contributed by atoms with van der Waals surface area (Å²) in [5, 5.41) is 8.46. The lowest BCUT2D eigenvalue weighted by Gasteiger charge is -2.22. The smallest absolute Gasteiger partial charge is 0.407 e. The molecule has 1 N–H and O–H groups in total. The summed E-state index contributed by atoms with van der Waals surface area (Å²) in [6.45, 7) is 1.46. The molecule has 0 aromatic rings. The van der Waals surface area contributed by atoms with Crippen LogP contribution in [0, 0.1) is 0 Å². The van der Waals surface area contributed by atoms with Crippen LogP contribution < -0.4 is 0 Å². The molecule has 1 fully saturated rings. The second kappa shape index (κ2) is 4.39. The van der Waals surface area contributed by atoms with Gasteiger partial charge in [-0.1, -0.05) is 0 Å². The number of hydrogen-bond donors (Lipinski definition) is 1. The molecule has 0 aliphatic carbocycles. The average molecular weight is 166 g/mol. The maximum atomic E-state index is 10.3. The second-order valence-electron chi connectivity index (χ2n) is 2.33. The van der Waals surface area contributed by atoms with Gasteiger partial charge < -0.3 is 10.0 Å². The first-order chi connectivity index (χ1) is 4.30. The highest BCUT2D eigenvalue weighted by atomic mass is 35.5. The molecule has 0 aromatic heterocycles. The van der Waals surface area contributed by atoms with Crippen molar-refractivity contribution < 1.29 is 9.90 Å². The number of carbonyl (C=O) groups is 1. The standard InChI is InChI=1S/C6H11NO2.ClH/c8-6(9)7-4-2-1-3-5-7;/h1-5H2,(H,8,9);1H. The molecular formula is C6H12ClNO2. The Morgan fingerprint density at radius 2 is 1.70 bits per heavy atom. The van der Waals surface area contributed by atoms with Gasteiger partial charge in [-0.05, 0) is 19.3 Å². The van der Waals surface area contributed by atoms with Crippen molar-refractivity contribution in [3.8, 4) is 0 Å². The lowest BCUT2D eigenvalue weighted by molar-refractivity contribution is 0.136. The van der Waals surface area contributed by atoms with Gasteiger partial charge in [0.15, 0.2) is 0 Å². The Bertz CT molecular complexity index is 112. The van der Waals surface area contributed by atoms with Crippen LogP contribution in [0.5, 0.6) is 0 Å². The molecule has 3 nitrogen and oxygen atoms in total. The molecule has 1 heterocycles. The van der Waals surface area contributed by atoms with Crippen LogP contribution in [0.4, 0.5) is 4.79 Å². The van der Waals surface area contributed by atoms with E-state index in [0.29, 0.717) is 0 Å². The molecule has 0 unspecified atom stereocenters. The van der Waals surface area contributed by atoms with E-state index in [1.54, 1.807) is 0 Å². The van der Waals surface area contributed by atoms with E-state index in [2.05, 4.69) is 0 Å². The molecule has 0 saturated carbocycles. The molecule has 1 aliphatic rings. The SMILES string of the molecule is Cl.O=C(O)N1CCCCC1. The van der Waals surface area contributed by atoms with E-state index in [1.165, 1.54) is 11.3 Å². The third kappa shape index (κ3) is 2.43. The first-order valence-electron chi connectivity index (χ1n) is 3.28. The van der Waals surface area contributed by atoms with Crippen LogP contribution >= 0.6 is 12.4 Å². The van der Waals surface area contributed by atoms with Crippen molar-refractivity contribution in [1.82, 2.24) is 4.90 Å². The summed E-state index contributed by atoms with van der Waals surface area (Å²) in [4.78, 5) is 11.8. The van der Waals surface area contributed by atoms with Gasteiger partial charge in [0.25, 0.3) is 0 Å². The first-order valence-corrected chi connectivity index (χ1v) is 3.28. The summed E-state index contributed by atoms with van der Waals surface area (Å²) in [6.07, 6.45) is 2.48. The predicted molar refractivity (Wildman–Crippen MR) is 40.7 cm³/mol. The van der Waals surface area contributed by atoms with E-state index in [4.69, 9.17) is 5.11 Å². The fourth-order valence-electron chi connectivity index (χ4n) is 1.09. The molecule has 10 heavy (non-hydrogen) atoms. The topological polar surface area (TPSA) is 40.5 Å². The molecule has 0 aromatic carbocycles.